The van der Waals surface area contributed by atoms with Crippen molar-refractivity contribution in [2.45, 2.75) is 0 Å². The summed E-state index contributed by atoms with van der Waals surface area (Å²) in [4.78, 5) is 4.98. The molecule has 1 aliphatic rings. The Morgan fingerprint density at radius 1 is 0.312 bits per heavy atom. The zero-order valence-electron chi connectivity index (χ0n) is 41.8. The third-order valence-corrected chi connectivity index (χ3v) is 21.1. The van der Waals surface area contributed by atoms with E-state index in [1.54, 1.807) is 0 Å². The molecule has 0 fully saturated rings. The maximum atomic E-state index is 6.85. The predicted molar refractivity (Wildman–Crippen MR) is 325 cm³/mol. The first kappa shape index (κ1) is 43.5. The van der Waals surface area contributed by atoms with Gasteiger partial charge in [0.25, 0.3) is 0 Å². The van der Waals surface area contributed by atoms with E-state index in [0.29, 0.717) is 0 Å². The molecule has 0 N–H and O–H groups in total. The van der Waals surface area contributed by atoms with E-state index in [1.807, 2.05) is 0 Å². The van der Waals surface area contributed by atoms with Crippen LogP contribution in [0.5, 0.6) is 0 Å². The van der Waals surface area contributed by atoms with Gasteiger partial charge in [0.1, 0.15) is 22.3 Å². The molecule has 0 bridgehead atoms. The molecule has 0 unspecified atom stereocenters. The minimum Gasteiger partial charge on any atom is -0.456 e. The lowest BCUT2D eigenvalue weighted by Gasteiger charge is -2.45. The standard InChI is InChI=1S/C72H46N2O2Si/c1-2-20-50(21-3-1)74-64-29-12-15-32-71(64)77(53-38-40-62-60-26-10-13-30-67(60)75-69(62)45-53,54-39-41-63-61-27-11-14-31-68(61)76-70(63)46-54)72-44-52(37-42-65(72)74)73(66-43-49-18-5-7-23-57(49)58-24-8-9-25-59(58)66)51-35-33-48(34-36-51)56-28-16-19-47-17-4-6-22-55(47)56/h1-46H. The van der Waals surface area contributed by atoms with Gasteiger partial charge in [-0.2, -0.15) is 0 Å². The van der Waals surface area contributed by atoms with Crippen LogP contribution >= 0.6 is 0 Å². The molecule has 16 rings (SSSR count). The van der Waals surface area contributed by atoms with E-state index in [-0.39, 0.29) is 0 Å². The number of hydrogen-bond donors (Lipinski definition) is 0. The highest BCUT2D eigenvalue weighted by Gasteiger charge is 2.50. The van der Waals surface area contributed by atoms with Crippen LogP contribution in [0.2, 0.25) is 0 Å². The summed E-state index contributed by atoms with van der Waals surface area (Å²) >= 11 is 0. The zero-order valence-corrected chi connectivity index (χ0v) is 42.8. The second-order valence-corrected chi connectivity index (χ2v) is 24.1. The van der Waals surface area contributed by atoms with Crippen LogP contribution in [0.3, 0.4) is 0 Å². The van der Waals surface area contributed by atoms with E-state index >= 15 is 0 Å². The van der Waals surface area contributed by atoms with Gasteiger partial charge in [-0.05, 0) is 138 Å². The van der Waals surface area contributed by atoms with Gasteiger partial charge >= 0.3 is 0 Å². The molecular weight excluding hydrogens is 953 g/mol. The van der Waals surface area contributed by atoms with Crippen LogP contribution < -0.4 is 30.5 Å². The molecule has 1 aliphatic heterocycles. The van der Waals surface area contributed by atoms with E-state index in [2.05, 4.69) is 289 Å². The molecule has 0 aliphatic carbocycles. The molecule has 2 aromatic heterocycles. The molecule has 5 heteroatoms. The van der Waals surface area contributed by atoms with Crippen LogP contribution in [-0.2, 0) is 0 Å². The summed E-state index contributed by atoms with van der Waals surface area (Å²) in [6, 6.07) is 103. The van der Waals surface area contributed by atoms with Gasteiger partial charge in [0.2, 0.25) is 0 Å². The van der Waals surface area contributed by atoms with Gasteiger partial charge in [-0.3, -0.25) is 0 Å². The highest BCUT2D eigenvalue weighted by atomic mass is 28.3. The monoisotopic (exact) mass is 998 g/mol. The molecule has 15 aromatic rings. The molecule has 0 saturated heterocycles. The molecule has 0 radical (unpaired) electrons. The van der Waals surface area contributed by atoms with Crippen molar-refractivity contribution >= 4 is 139 Å². The van der Waals surface area contributed by atoms with Gasteiger partial charge in [0, 0.05) is 55.4 Å². The fourth-order valence-corrected chi connectivity index (χ4v) is 18.0. The van der Waals surface area contributed by atoms with Crippen LogP contribution in [0.15, 0.2) is 288 Å². The normalized spacial score (nSPS) is 13.0. The highest BCUT2D eigenvalue weighted by molar-refractivity contribution is 7.21. The Morgan fingerprint density at radius 3 is 1.56 bits per heavy atom. The van der Waals surface area contributed by atoms with Crippen LogP contribution in [0.1, 0.15) is 0 Å². The average Bonchev–Trinajstić information content (AvgIpc) is 4.15. The number of anilines is 6. The topological polar surface area (TPSA) is 32.8 Å². The molecule has 77 heavy (non-hydrogen) atoms. The Balaban J connectivity index is 1.02. The molecule has 0 saturated carbocycles. The highest BCUT2D eigenvalue weighted by Crippen LogP contribution is 2.46. The largest absolute Gasteiger partial charge is 0.456 e. The maximum Gasteiger partial charge on any atom is 0.184 e. The van der Waals surface area contributed by atoms with Gasteiger partial charge in [0.05, 0.1) is 5.69 Å². The summed E-state index contributed by atoms with van der Waals surface area (Å²) in [5.74, 6) is 0. The van der Waals surface area contributed by atoms with Crippen molar-refractivity contribution in [3.8, 4) is 11.1 Å². The fraction of sp³-hybridized carbons (Fsp3) is 0. The van der Waals surface area contributed by atoms with Gasteiger partial charge in [-0.15, -0.1) is 0 Å². The van der Waals surface area contributed by atoms with Crippen LogP contribution in [0, 0.1) is 0 Å². The Bertz CT molecular complexity index is 4730. The third kappa shape index (κ3) is 6.57. The lowest BCUT2D eigenvalue weighted by Crippen LogP contribution is -2.77. The first-order valence-electron chi connectivity index (χ1n) is 26.4. The third-order valence-electron chi connectivity index (χ3n) is 16.3. The molecular formula is C72H46N2O2Si. The van der Waals surface area contributed by atoms with Crippen molar-refractivity contribution in [2.24, 2.45) is 0 Å². The molecule has 0 amide bonds. The Kier molecular flexibility index (Phi) is 9.62. The number of furan rings is 2. The van der Waals surface area contributed by atoms with Crippen molar-refractivity contribution in [1.29, 1.82) is 0 Å². The number of benzene rings is 13. The van der Waals surface area contributed by atoms with Gasteiger partial charge in [0.15, 0.2) is 8.07 Å². The zero-order chi connectivity index (χ0) is 50.6. The van der Waals surface area contributed by atoms with Crippen LogP contribution in [-0.4, -0.2) is 8.07 Å². The molecule has 4 nitrogen and oxygen atoms in total. The lowest BCUT2D eigenvalue weighted by atomic mass is 9.97. The van der Waals surface area contributed by atoms with Crippen molar-refractivity contribution in [1.82, 2.24) is 0 Å². The predicted octanol–water partition coefficient (Wildman–Crippen LogP) is 17.2. The van der Waals surface area contributed by atoms with E-state index < -0.39 is 8.07 Å². The fourth-order valence-electron chi connectivity index (χ4n) is 12.9. The van der Waals surface area contributed by atoms with Gasteiger partial charge in [-0.1, -0.05) is 200 Å². The molecule has 3 heterocycles. The molecule has 0 atom stereocenters. The second kappa shape index (κ2) is 17.0. The van der Waals surface area contributed by atoms with E-state index in [0.717, 1.165) is 78.0 Å². The van der Waals surface area contributed by atoms with E-state index in [9.17, 15) is 0 Å². The smallest absolute Gasteiger partial charge is 0.184 e. The quantitative estimate of drug-likeness (QED) is 0.118. The van der Waals surface area contributed by atoms with Crippen molar-refractivity contribution < 1.29 is 8.83 Å². The summed E-state index contributed by atoms with van der Waals surface area (Å²) < 4.78 is 13.7. The summed E-state index contributed by atoms with van der Waals surface area (Å²) in [5, 5.41) is 16.7. The Hall–Kier alpha value is -9.94. The summed E-state index contributed by atoms with van der Waals surface area (Å²) in [6.45, 7) is 0. The van der Waals surface area contributed by atoms with Crippen molar-refractivity contribution in [2.75, 3.05) is 9.80 Å². The SMILES string of the molecule is c1ccc(N2c3ccccc3[Si](c3ccc4c(c3)oc3ccccc34)(c3ccc4c(c3)oc3ccccc34)c3cc(N(c4ccc(-c5cccc6ccccc56)cc4)c4cc5ccccc5c5ccccc45)ccc32)cc1. The van der Waals surface area contributed by atoms with E-state index in [1.165, 1.54) is 64.2 Å². The minimum atomic E-state index is -3.43. The molecule has 360 valence electrons. The number of nitrogens with zero attached hydrogens (tertiary/aromatic N) is 2. The minimum absolute atomic E-state index is 0.872. The number of para-hydroxylation sites is 4. The number of hydrogen-bond acceptors (Lipinski definition) is 4. The first-order valence-corrected chi connectivity index (χ1v) is 28.4. The first-order chi connectivity index (χ1) is 38.2. The summed E-state index contributed by atoms with van der Waals surface area (Å²) in [6.07, 6.45) is 0. The number of fused-ring (bicyclic) bond motifs is 12. The van der Waals surface area contributed by atoms with Crippen molar-refractivity contribution in [3.05, 3.63) is 279 Å². The molecule has 13 aromatic carbocycles. The van der Waals surface area contributed by atoms with Crippen molar-refractivity contribution in [3.63, 3.8) is 0 Å². The number of rotatable bonds is 7. The summed E-state index contributed by atoms with van der Waals surface area (Å²) in [7, 11) is -3.43. The Morgan fingerprint density at radius 2 is 0.844 bits per heavy atom. The van der Waals surface area contributed by atoms with Gasteiger partial charge < -0.3 is 18.6 Å². The Labute approximate surface area is 445 Å². The van der Waals surface area contributed by atoms with Crippen LogP contribution in [0.4, 0.5) is 34.1 Å². The second-order valence-electron chi connectivity index (χ2n) is 20.3. The summed E-state index contributed by atoms with van der Waals surface area (Å²) in [5.41, 5.74) is 12.5. The maximum absolute atomic E-state index is 6.85. The molecule has 0 spiro atoms. The van der Waals surface area contributed by atoms with E-state index in [4.69, 9.17) is 8.83 Å². The average molecular weight is 999 g/mol. The van der Waals surface area contributed by atoms with Crippen LogP contribution in [0.25, 0.3) is 87.3 Å². The van der Waals surface area contributed by atoms with Gasteiger partial charge in [-0.25, -0.2) is 0 Å². The lowest BCUT2D eigenvalue weighted by molar-refractivity contribution is 0.669.